The lowest BCUT2D eigenvalue weighted by Crippen LogP contribution is -2.56. The minimum absolute atomic E-state index is 0.122. The molecule has 0 unspecified atom stereocenters. The minimum Gasteiger partial charge on any atom is -0.433 e. The number of carbonyl (C=O) groups is 2. The molecule has 3 N–H and O–H groups in total. The normalized spacial score (nSPS) is 20.5. The van der Waals surface area contributed by atoms with Gasteiger partial charge in [0.2, 0.25) is 5.91 Å². The van der Waals surface area contributed by atoms with Crippen LogP contribution < -0.4 is 20.7 Å². The smallest absolute Gasteiger partial charge is 0.387 e. The van der Waals surface area contributed by atoms with Gasteiger partial charge in [-0.25, -0.2) is 0 Å². The average Bonchev–Trinajstić information content (AvgIpc) is 2.70. The average molecular weight is 467 g/mol. The number of nitrogens with one attached hydrogen (secondary N) is 1. The second-order valence-corrected chi connectivity index (χ2v) is 8.98. The first-order valence-corrected chi connectivity index (χ1v) is 11.7. The summed E-state index contributed by atoms with van der Waals surface area (Å²) in [7, 11) is 0. The summed E-state index contributed by atoms with van der Waals surface area (Å²) in [5.41, 5.74) is 6.57. The predicted octanol–water partition coefficient (Wildman–Crippen LogP) is 2.57. The molecule has 1 aliphatic heterocycles. The Morgan fingerprint density at radius 2 is 2.03 bits per heavy atom. The number of morpholine rings is 1. The van der Waals surface area contributed by atoms with E-state index < -0.39 is 12.7 Å². The highest BCUT2D eigenvalue weighted by Crippen LogP contribution is 2.35. The molecule has 1 aromatic rings. The third-order valence-corrected chi connectivity index (χ3v) is 6.88. The van der Waals surface area contributed by atoms with Gasteiger partial charge < -0.3 is 25.4 Å². The van der Waals surface area contributed by atoms with Gasteiger partial charge in [-0.05, 0) is 43.7 Å². The van der Waals surface area contributed by atoms with Crippen LogP contribution in [0.4, 0.5) is 20.2 Å². The van der Waals surface area contributed by atoms with Crippen LogP contribution in [-0.4, -0.2) is 68.3 Å². The SMILES string of the molecule is NC[C@H](C(=O)Nc1ccc(N2CCOCC2=O)c(OC(F)F)c1)N(CC1CCC1)C1CCC1. The minimum atomic E-state index is -3.07. The molecule has 4 rings (SSSR count). The summed E-state index contributed by atoms with van der Waals surface area (Å²) in [6.45, 7) is -1.62. The zero-order valence-corrected chi connectivity index (χ0v) is 18.7. The molecule has 0 bridgehead atoms. The summed E-state index contributed by atoms with van der Waals surface area (Å²) in [6.07, 6.45) is 6.86. The summed E-state index contributed by atoms with van der Waals surface area (Å²) < 4.78 is 36.0. The topological polar surface area (TPSA) is 97.1 Å². The molecule has 10 heteroatoms. The molecule has 1 heterocycles. The Bertz CT molecular complexity index is 848. The molecule has 8 nitrogen and oxygen atoms in total. The Hall–Kier alpha value is -2.30. The van der Waals surface area contributed by atoms with Crippen molar-refractivity contribution in [2.75, 3.05) is 43.1 Å². The maximum atomic E-state index is 13.2. The number of alkyl halides is 2. The van der Waals surface area contributed by atoms with Crippen molar-refractivity contribution < 1.29 is 27.8 Å². The zero-order chi connectivity index (χ0) is 23.4. The number of anilines is 2. The Kier molecular flexibility index (Phi) is 7.77. The Balaban J connectivity index is 1.51. The van der Waals surface area contributed by atoms with Crippen molar-refractivity contribution in [3.63, 3.8) is 0 Å². The van der Waals surface area contributed by atoms with Gasteiger partial charge in [-0.3, -0.25) is 14.5 Å². The van der Waals surface area contributed by atoms with Crippen LogP contribution in [0.3, 0.4) is 0 Å². The van der Waals surface area contributed by atoms with E-state index >= 15 is 0 Å². The Labute approximate surface area is 192 Å². The van der Waals surface area contributed by atoms with Crippen molar-refractivity contribution >= 4 is 23.2 Å². The number of ether oxygens (including phenoxy) is 2. The van der Waals surface area contributed by atoms with E-state index in [0.29, 0.717) is 24.3 Å². The van der Waals surface area contributed by atoms with E-state index in [4.69, 9.17) is 10.5 Å². The molecule has 1 saturated heterocycles. The van der Waals surface area contributed by atoms with E-state index in [0.717, 1.165) is 25.8 Å². The molecule has 182 valence electrons. The summed E-state index contributed by atoms with van der Waals surface area (Å²) in [5.74, 6) is -0.175. The van der Waals surface area contributed by atoms with Crippen LogP contribution in [0.15, 0.2) is 18.2 Å². The van der Waals surface area contributed by atoms with Gasteiger partial charge in [-0.1, -0.05) is 12.8 Å². The van der Waals surface area contributed by atoms with Crippen molar-refractivity contribution in [1.29, 1.82) is 0 Å². The van der Waals surface area contributed by atoms with Gasteiger partial charge in [0.15, 0.2) is 5.75 Å². The van der Waals surface area contributed by atoms with Crippen LogP contribution in [0.25, 0.3) is 0 Å². The molecule has 2 amide bonds. The largest absolute Gasteiger partial charge is 0.433 e. The fraction of sp³-hybridized carbons (Fsp3) is 0.652. The highest BCUT2D eigenvalue weighted by molar-refractivity contribution is 5.98. The van der Waals surface area contributed by atoms with Crippen molar-refractivity contribution in [3.05, 3.63) is 18.2 Å². The van der Waals surface area contributed by atoms with Crippen molar-refractivity contribution in [3.8, 4) is 5.75 Å². The second-order valence-electron chi connectivity index (χ2n) is 8.98. The van der Waals surface area contributed by atoms with Crippen LogP contribution in [-0.2, 0) is 14.3 Å². The van der Waals surface area contributed by atoms with E-state index in [1.807, 2.05) is 0 Å². The van der Waals surface area contributed by atoms with Gasteiger partial charge >= 0.3 is 6.61 Å². The number of halogens is 2. The van der Waals surface area contributed by atoms with Crippen molar-refractivity contribution in [2.45, 2.75) is 57.2 Å². The van der Waals surface area contributed by atoms with E-state index in [9.17, 15) is 18.4 Å². The van der Waals surface area contributed by atoms with Crippen molar-refractivity contribution in [2.24, 2.45) is 11.7 Å². The Morgan fingerprint density at radius 3 is 2.61 bits per heavy atom. The van der Waals surface area contributed by atoms with Gasteiger partial charge in [-0.15, -0.1) is 0 Å². The molecule has 3 aliphatic rings. The number of nitrogens with two attached hydrogens (primary N) is 1. The number of nitrogens with zero attached hydrogens (tertiary/aromatic N) is 2. The number of carbonyl (C=O) groups excluding carboxylic acids is 2. The van der Waals surface area contributed by atoms with E-state index in [1.165, 1.54) is 36.3 Å². The van der Waals surface area contributed by atoms with Crippen LogP contribution in [0.5, 0.6) is 5.75 Å². The summed E-state index contributed by atoms with van der Waals surface area (Å²) in [6, 6.07) is 4.29. The summed E-state index contributed by atoms with van der Waals surface area (Å²) in [4.78, 5) is 29.0. The lowest BCUT2D eigenvalue weighted by molar-refractivity contribution is -0.126. The van der Waals surface area contributed by atoms with Crippen LogP contribution in [0.2, 0.25) is 0 Å². The van der Waals surface area contributed by atoms with Gasteiger partial charge in [0, 0.05) is 37.4 Å². The maximum Gasteiger partial charge on any atom is 0.387 e. The van der Waals surface area contributed by atoms with E-state index in [1.54, 1.807) is 6.07 Å². The lowest BCUT2D eigenvalue weighted by atomic mass is 9.82. The Morgan fingerprint density at radius 1 is 1.27 bits per heavy atom. The second kappa shape index (κ2) is 10.8. The number of hydrogen-bond donors (Lipinski definition) is 2. The molecule has 33 heavy (non-hydrogen) atoms. The van der Waals surface area contributed by atoms with Gasteiger partial charge in [0.05, 0.1) is 12.3 Å². The first-order valence-electron chi connectivity index (χ1n) is 11.7. The molecule has 1 aromatic carbocycles. The van der Waals surface area contributed by atoms with Gasteiger partial charge in [0.1, 0.15) is 12.6 Å². The third kappa shape index (κ3) is 5.62. The number of benzene rings is 1. The molecule has 3 fully saturated rings. The quantitative estimate of drug-likeness (QED) is 0.550. The highest BCUT2D eigenvalue weighted by Gasteiger charge is 2.36. The molecular formula is C23H32F2N4O4. The standard InChI is InChI=1S/C23H32F2N4O4/c24-23(25)33-20-11-16(7-8-18(20)28-9-10-32-14-21(28)30)27-22(31)19(12-26)29(17-5-2-6-17)13-15-3-1-4-15/h7-8,11,15,17,19,23H,1-6,9-10,12-14,26H2,(H,27,31)/t19-/m1/s1. The van der Waals surface area contributed by atoms with Gasteiger partial charge in [-0.2, -0.15) is 8.78 Å². The van der Waals surface area contributed by atoms with Crippen LogP contribution >= 0.6 is 0 Å². The monoisotopic (exact) mass is 466 g/mol. The molecule has 1 atom stereocenters. The molecule has 0 radical (unpaired) electrons. The molecular weight excluding hydrogens is 434 g/mol. The molecule has 0 aromatic heterocycles. The van der Waals surface area contributed by atoms with E-state index in [2.05, 4.69) is 15.0 Å². The number of amides is 2. The van der Waals surface area contributed by atoms with E-state index in [-0.39, 0.29) is 42.9 Å². The summed E-state index contributed by atoms with van der Waals surface area (Å²) in [5, 5.41) is 2.83. The lowest BCUT2D eigenvalue weighted by Gasteiger charge is -2.44. The van der Waals surface area contributed by atoms with Crippen LogP contribution in [0.1, 0.15) is 38.5 Å². The van der Waals surface area contributed by atoms with Crippen molar-refractivity contribution in [1.82, 2.24) is 4.90 Å². The van der Waals surface area contributed by atoms with Gasteiger partial charge in [0.25, 0.3) is 5.91 Å². The molecule has 2 saturated carbocycles. The van der Waals surface area contributed by atoms with Crippen LogP contribution in [0, 0.1) is 5.92 Å². The summed E-state index contributed by atoms with van der Waals surface area (Å²) >= 11 is 0. The fourth-order valence-corrected chi connectivity index (χ4v) is 4.62. The fourth-order valence-electron chi connectivity index (χ4n) is 4.62. The first-order chi connectivity index (χ1) is 16.0. The highest BCUT2D eigenvalue weighted by atomic mass is 19.3. The maximum absolute atomic E-state index is 13.2. The number of rotatable bonds is 10. The first kappa shape index (κ1) is 23.8. The predicted molar refractivity (Wildman–Crippen MR) is 119 cm³/mol. The molecule has 2 aliphatic carbocycles. The third-order valence-electron chi connectivity index (χ3n) is 6.88. The molecule has 0 spiro atoms. The number of hydrogen-bond acceptors (Lipinski definition) is 6. The zero-order valence-electron chi connectivity index (χ0n) is 18.7.